The van der Waals surface area contributed by atoms with Gasteiger partial charge in [-0.05, 0) is 62.1 Å². The van der Waals surface area contributed by atoms with Crippen molar-refractivity contribution in [3.63, 3.8) is 0 Å². The molecule has 1 fully saturated rings. The van der Waals surface area contributed by atoms with Gasteiger partial charge in [-0.15, -0.1) is 0 Å². The average molecular weight is 512 g/mol. The van der Waals surface area contributed by atoms with Gasteiger partial charge >= 0.3 is 6.18 Å². The molecule has 1 atom stereocenters. The molecule has 1 aliphatic rings. The standard InChI is InChI=1S/C25H29ClF3N3O3/c1-3-4-5-16-10-18(25(27,28)29)6-7-22(16)30-15(2)31-24(35)21-12-19(26)11-17(23(21)34)13-32-9-8-20(33)14-32/h6-7,10-12,20,33-34H,3-5,8-9,13-14H2,1-2H3,(H,30,31,35). The number of nitrogens with zero attached hydrogens (tertiary/aromatic N) is 2. The predicted octanol–water partition coefficient (Wildman–Crippen LogP) is 5.45. The number of amides is 1. The van der Waals surface area contributed by atoms with Gasteiger partial charge in [-0.25, -0.2) is 4.99 Å². The van der Waals surface area contributed by atoms with Crippen LogP contribution in [-0.4, -0.2) is 46.0 Å². The third kappa shape index (κ3) is 7.19. The fourth-order valence-corrected chi connectivity index (χ4v) is 4.27. The fraction of sp³-hybridized carbons (Fsp3) is 0.440. The number of phenols is 1. The second kappa shape index (κ2) is 11.4. The number of rotatable bonds is 7. The molecule has 1 heterocycles. The zero-order valence-electron chi connectivity index (χ0n) is 19.6. The molecule has 6 nitrogen and oxygen atoms in total. The molecule has 0 saturated carbocycles. The van der Waals surface area contributed by atoms with E-state index < -0.39 is 23.8 Å². The molecule has 35 heavy (non-hydrogen) atoms. The summed E-state index contributed by atoms with van der Waals surface area (Å²) in [6.07, 6.45) is -2.32. The van der Waals surface area contributed by atoms with Crippen LogP contribution >= 0.6 is 11.6 Å². The number of unbranched alkanes of at least 4 members (excludes halogenated alkanes) is 1. The van der Waals surface area contributed by atoms with Crippen LogP contribution in [0.3, 0.4) is 0 Å². The van der Waals surface area contributed by atoms with E-state index in [0.29, 0.717) is 55.7 Å². The van der Waals surface area contributed by atoms with Gasteiger partial charge in [0.15, 0.2) is 0 Å². The predicted molar refractivity (Wildman–Crippen MR) is 129 cm³/mol. The maximum atomic E-state index is 13.2. The second-order valence-electron chi connectivity index (χ2n) is 8.73. The summed E-state index contributed by atoms with van der Waals surface area (Å²) in [5.74, 6) is -0.702. The van der Waals surface area contributed by atoms with Crippen LogP contribution in [0.2, 0.25) is 5.02 Å². The van der Waals surface area contributed by atoms with Gasteiger partial charge < -0.3 is 15.5 Å². The van der Waals surface area contributed by atoms with E-state index in [2.05, 4.69) is 10.3 Å². The zero-order chi connectivity index (χ0) is 25.8. The number of aromatic hydroxyl groups is 1. The third-order valence-corrected chi connectivity index (χ3v) is 6.05. The molecule has 0 bridgehead atoms. The van der Waals surface area contributed by atoms with Crippen LogP contribution in [0, 0.1) is 0 Å². The first-order chi connectivity index (χ1) is 16.5. The molecule has 0 aliphatic carbocycles. The Labute approximate surface area is 207 Å². The Hall–Kier alpha value is -2.62. The molecule has 1 saturated heterocycles. The number of aliphatic hydroxyl groups excluding tert-OH is 1. The molecular weight excluding hydrogens is 483 g/mol. The molecule has 10 heteroatoms. The molecule has 3 rings (SSSR count). The maximum Gasteiger partial charge on any atom is 0.416 e. The highest BCUT2D eigenvalue weighted by atomic mass is 35.5. The number of carbonyl (C=O) groups is 1. The summed E-state index contributed by atoms with van der Waals surface area (Å²) in [7, 11) is 0. The Bertz CT molecular complexity index is 1110. The molecule has 0 radical (unpaired) electrons. The van der Waals surface area contributed by atoms with E-state index in [9.17, 15) is 28.2 Å². The van der Waals surface area contributed by atoms with Crippen LogP contribution in [0.25, 0.3) is 0 Å². The first-order valence-corrected chi connectivity index (χ1v) is 11.8. The molecule has 3 N–H and O–H groups in total. The quantitative estimate of drug-likeness (QED) is 0.341. The van der Waals surface area contributed by atoms with Crippen LogP contribution in [0.4, 0.5) is 18.9 Å². The average Bonchev–Trinajstić information content (AvgIpc) is 3.18. The summed E-state index contributed by atoms with van der Waals surface area (Å²) in [6.45, 7) is 4.91. The van der Waals surface area contributed by atoms with Crippen molar-refractivity contribution in [2.75, 3.05) is 13.1 Å². The minimum absolute atomic E-state index is 0.0413. The van der Waals surface area contributed by atoms with Crippen molar-refractivity contribution in [3.8, 4) is 5.75 Å². The molecule has 2 aromatic rings. The van der Waals surface area contributed by atoms with Crippen molar-refractivity contribution in [2.45, 2.75) is 58.4 Å². The van der Waals surface area contributed by atoms with Crippen molar-refractivity contribution < 1.29 is 28.2 Å². The number of hydrogen-bond acceptors (Lipinski definition) is 5. The molecular formula is C25H29ClF3N3O3. The van der Waals surface area contributed by atoms with E-state index in [-0.39, 0.29) is 22.2 Å². The highest BCUT2D eigenvalue weighted by molar-refractivity contribution is 6.31. The normalized spacial score (nSPS) is 17.1. The van der Waals surface area contributed by atoms with Crippen LogP contribution in [0.5, 0.6) is 5.75 Å². The Kier molecular flexibility index (Phi) is 8.79. The number of carbonyl (C=O) groups excluding carboxylic acids is 1. The van der Waals surface area contributed by atoms with Crippen LogP contribution in [0.15, 0.2) is 35.3 Å². The van der Waals surface area contributed by atoms with Crippen LogP contribution in [0.1, 0.15) is 60.2 Å². The Morgan fingerprint density at radius 2 is 2.00 bits per heavy atom. The number of nitrogens with one attached hydrogen (secondary N) is 1. The number of phenolic OH excluding ortho intramolecular Hbond substituents is 1. The van der Waals surface area contributed by atoms with E-state index in [1.165, 1.54) is 19.1 Å². The summed E-state index contributed by atoms with van der Waals surface area (Å²) in [5.41, 5.74) is 0.450. The van der Waals surface area contributed by atoms with Gasteiger partial charge in [-0.1, -0.05) is 24.9 Å². The minimum atomic E-state index is -4.46. The van der Waals surface area contributed by atoms with Gasteiger partial charge in [0.25, 0.3) is 5.91 Å². The lowest BCUT2D eigenvalue weighted by Gasteiger charge is -2.17. The number of benzene rings is 2. The Morgan fingerprint density at radius 1 is 1.26 bits per heavy atom. The lowest BCUT2D eigenvalue weighted by molar-refractivity contribution is -0.137. The van der Waals surface area contributed by atoms with Gasteiger partial charge in [0.2, 0.25) is 0 Å². The summed E-state index contributed by atoms with van der Waals surface area (Å²) < 4.78 is 39.5. The van der Waals surface area contributed by atoms with Gasteiger partial charge in [0, 0.05) is 30.2 Å². The summed E-state index contributed by atoms with van der Waals surface area (Å²) in [5, 5.41) is 23.3. The van der Waals surface area contributed by atoms with Crippen molar-refractivity contribution in [1.29, 1.82) is 0 Å². The number of aliphatic imine (C=N–C) groups is 1. The maximum absolute atomic E-state index is 13.2. The van der Waals surface area contributed by atoms with Gasteiger partial charge in [0.1, 0.15) is 11.6 Å². The molecule has 190 valence electrons. The minimum Gasteiger partial charge on any atom is -0.507 e. The number of β-amino-alcohol motifs (C(OH)–C–C–N with tert-alkyl or cyclic N) is 1. The number of likely N-dealkylation sites (tertiary alicyclic amines) is 1. The summed E-state index contributed by atoms with van der Waals surface area (Å²) in [4.78, 5) is 19.2. The van der Waals surface area contributed by atoms with Gasteiger partial charge in [0.05, 0.1) is 22.9 Å². The largest absolute Gasteiger partial charge is 0.507 e. The number of halogens is 4. The van der Waals surface area contributed by atoms with Crippen molar-refractivity contribution in [3.05, 3.63) is 57.6 Å². The zero-order valence-corrected chi connectivity index (χ0v) is 20.4. The number of aryl methyl sites for hydroxylation is 1. The Balaban J connectivity index is 1.82. The molecule has 1 amide bonds. The number of hydrogen-bond donors (Lipinski definition) is 3. The first-order valence-electron chi connectivity index (χ1n) is 11.5. The smallest absolute Gasteiger partial charge is 0.416 e. The van der Waals surface area contributed by atoms with Crippen LogP contribution < -0.4 is 5.32 Å². The molecule has 1 unspecified atom stereocenters. The molecule has 1 aliphatic heterocycles. The number of aliphatic hydroxyl groups is 1. The van der Waals surface area contributed by atoms with Gasteiger partial charge in [-0.3, -0.25) is 9.69 Å². The van der Waals surface area contributed by atoms with Crippen molar-refractivity contribution in [1.82, 2.24) is 10.2 Å². The number of amidine groups is 1. The van der Waals surface area contributed by atoms with Crippen LogP contribution in [-0.2, 0) is 19.1 Å². The highest BCUT2D eigenvalue weighted by Crippen LogP contribution is 2.34. The second-order valence-corrected chi connectivity index (χ2v) is 9.17. The summed E-state index contributed by atoms with van der Waals surface area (Å²) in [6, 6.07) is 6.26. The van der Waals surface area contributed by atoms with Gasteiger partial charge in [-0.2, -0.15) is 13.2 Å². The fourth-order valence-electron chi connectivity index (χ4n) is 4.02. The van der Waals surface area contributed by atoms with Crippen molar-refractivity contribution in [2.24, 2.45) is 4.99 Å². The summed E-state index contributed by atoms with van der Waals surface area (Å²) >= 11 is 6.19. The molecule has 0 aromatic heterocycles. The highest BCUT2D eigenvalue weighted by Gasteiger charge is 2.31. The topological polar surface area (TPSA) is 85.2 Å². The monoisotopic (exact) mass is 511 g/mol. The lowest BCUT2D eigenvalue weighted by atomic mass is 10.0. The van der Waals surface area contributed by atoms with Crippen molar-refractivity contribution >= 4 is 29.0 Å². The third-order valence-electron chi connectivity index (χ3n) is 5.83. The van der Waals surface area contributed by atoms with E-state index in [1.54, 1.807) is 6.07 Å². The lowest BCUT2D eigenvalue weighted by Crippen LogP contribution is -2.28. The van der Waals surface area contributed by atoms with E-state index >= 15 is 0 Å². The number of alkyl halides is 3. The van der Waals surface area contributed by atoms with E-state index in [4.69, 9.17) is 11.6 Å². The first kappa shape index (κ1) is 27.0. The van der Waals surface area contributed by atoms with E-state index in [1.807, 2.05) is 11.8 Å². The van der Waals surface area contributed by atoms with E-state index in [0.717, 1.165) is 18.6 Å². The molecule has 2 aromatic carbocycles. The SMILES string of the molecule is CCCCc1cc(C(F)(F)F)ccc1N=C(C)NC(=O)c1cc(Cl)cc(CN2CCC(O)C2)c1O. The Morgan fingerprint density at radius 3 is 2.63 bits per heavy atom. The molecule has 0 spiro atoms.